The van der Waals surface area contributed by atoms with E-state index < -0.39 is 22.2 Å². The van der Waals surface area contributed by atoms with Gasteiger partial charge in [0, 0.05) is 36.7 Å². The predicted octanol–water partition coefficient (Wildman–Crippen LogP) is 3.68. The number of carbonyl (C=O) groups is 2. The van der Waals surface area contributed by atoms with Crippen LogP contribution < -0.4 is 10.1 Å². The van der Waals surface area contributed by atoms with Crippen LogP contribution >= 0.6 is 0 Å². The zero-order valence-corrected chi connectivity index (χ0v) is 24.4. The molecule has 2 amide bonds. The smallest absolute Gasteiger partial charge is 0.242 e. The molecule has 1 fully saturated rings. The topological polar surface area (TPSA) is 116 Å². The van der Waals surface area contributed by atoms with Gasteiger partial charge >= 0.3 is 0 Å². The third-order valence-corrected chi connectivity index (χ3v) is 9.89. The van der Waals surface area contributed by atoms with Crippen LogP contribution in [0.5, 0.6) is 5.75 Å². The van der Waals surface area contributed by atoms with Gasteiger partial charge in [0.2, 0.25) is 21.8 Å². The molecule has 3 atom stereocenters. The van der Waals surface area contributed by atoms with Crippen molar-refractivity contribution in [1.29, 1.82) is 0 Å². The highest BCUT2D eigenvalue weighted by Gasteiger charge is 2.33. The summed E-state index contributed by atoms with van der Waals surface area (Å²) < 4.78 is 34.3. The molecular formula is C30H41N3O6S. The second kappa shape index (κ2) is 13.1. The molecule has 218 valence electrons. The summed E-state index contributed by atoms with van der Waals surface area (Å²) in [4.78, 5) is 28.2. The van der Waals surface area contributed by atoms with Gasteiger partial charge in [-0.2, -0.15) is 4.31 Å². The van der Waals surface area contributed by atoms with Gasteiger partial charge in [0.05, 0.1) is 30.5 Å². The molecule has 4 rings (SSSR count). The van der Waals surface area contributed by atoms with Crippen LogP contribution in [0.2, 0.25) is 0 Å². The average molecular weight is 572 g/mol. The first-order valence-corrected chi connectivity index (χ1v) is 15.6. The molecule has 40 heavy (non-hydrogen) atoms. The molecule has 0 unspecified atom stereocenters. The SMILES string of the molecule is C[C@H]1CN([C@@H](C)CO)C(=O)Cc2cc(NC(=O)C3CCCCC3)ccc2O[C@@H]1CN(C)S(=O)(=O)c1ccccc1. The fraction of sp³-hybridized carbons (Fsp3) is 0.533. The molecule has 0 radical (unpaired) electrons. The van der Waals surface area contributed by atoms with E-state index in [1.54, 1.807) is 60.4 Å². The van der Waals surface area contributed by atoms with E-state index >= 15 is 0 Å². The Labute approximate surface area is 237 Å². The van der Waals surface area contributed by atoms with Gasteiger partial charge in [0.1, 0.15) is 11.9 Å². The zero-order valence-electron chi connectivity index (χ0n) is 23.6. The lowest BCUT2D eigenvalue weighted by Gasteiger charge is -2.33. The van der Waals surface area contributed by atoms with E-state index in [1.165, 1.54) is 11.4 Å². The maximum absolute atomic E-state index is 13.4. The van der Waals surface area contributed by atoms with Crippen molar-refractivity contribution in [3.05, 3.63) is 54.1 Å². The van der Waals surface area contributed by atoms with Crippen molar-refractivity contribution >= 4 is 27.5 Å². The Kier molecular flexibility index (Phi) is 9.86. The number of aliphatic hydroxyl groups is 1. The van der Waals surface area contributed by atoms with E-state index in [0.29, 0.717) is 23.5 Å². The highest BCUT2D eigenvalue weighted by Crippen LogP contribution is 2.31. The molecule has 10 heteroatoms. The van der Waals surface area contributed by atoms with Crippen molar-refractivity contribution in [1.82, 2.24) is 9.21 Å². The Morgan fingerprint density at radius 1 is 1.15 bits per heavy atom. The van der Waals surface area contributed by atoms with Crippen molar-refractivity contribution < 1.29 is 27.9 Å². The van der Waals surface area contributed by atoms with Crippen LogP contribution in [0.1, 0.15) is 51.5 Å². The minimum Gasteiger partial charge on any atom is -0.488 e. The third kappa shape index (κ3) is 7.03. The molecule has 2 aromatic rings. The summed E-state index contributed by atoms with van der Waals surface area (Å²) in [6, 6.07) is 13.1. The Hall–Kier alpha value is -2.95. The lowest BCUT2D eigenvalue weighted by molar-refractivity contribution is -0.134. The molecular weight excluding hydrogens is 530 g/mol. The lowest BCUT2D eigenvalue weighted by Crippen LogP contribution is -2.48. The summed E-state index contributed by atoms with van der Waals surface area (Å²) in [5.41, 5.74) is 1.20. The molecule has 9 nitrogen and oxygen atoms in total. The standard InChI is InChI=1S/C30H41N3O6S/c1-21-18-33(22(2)20-34)29(35)17-24-16-25(31-30(36)23-10-6-4-7-11-23)14-15-27(24)39-28(21)19-32(3)40(37,38)26-12-8-5-9-13-26/h5,8-9,12-16,21-23,28,34H,4,6-7,10-11,17-20H2,1-3H3,(H,31,36)/t21-,22-,28+/m0/s1. The van der Waals surface area contributed by atoms with Crippen molar-refractivity contribution in [2.75, 3.05) is 32.1 Å². The molecule has 2 N–H and O–H groups in total. The summed E-state index contributed by atoms with van der Waals surface area (Å²) in [6.07, 6.45) is 4.48. The first kappa shape index (κ1) is 30.0. The maximum Gasteiger partial charge on any atom is 0.242 e. The molecule has 0 bridgehead atoms. The molecule has 0 saturated heterocycles. The minimum absolute atomic E-state index is 0.00920. The monoisotopic (exact) mass is 571 g/mol. The number of benzene rings is 2. The first-order valence-electron chi connectivity index (χ1n) is 14.1. The number of nitrogens with zero attached hydrogens (tertiary/aromatic N) is 2. The predicted molar refractivity (Wildman–Crippen MR) is 153 cm³/mol. The maximum atomic E-state index is 13.4. The van der Waals surface area contributed by atoms with E-state index in [9.17, 15) is 23.1 Å². The van der Waals surface area contributed by atoms with Crippen molar-refractivity contribution in [2.24, 2.45) is 11.8 Å². The number of hydrogen-bond donors (Lipinski definition) is 2. The van der Waals surface area contributed by atoms with E-state index in [1.807, 2.05) is 6.92 Å². The number of anilines is 1. The number of sulfonamides is 1. The van der Waals surface area contributed by atoms with Gasteiger partial charge in [-0.1, -0.05) is 44.4 Å². The third-order valence-electron chi connectivity index (χ3n) is 8.05. The van der Waals surface area contributed by atoms with Gasteiger partial charge < -0.3 is 20.1 Å². The van der Waals surface area contributed by atoms with Crippen LogP contribution in [-0.2, 0) is 26.0 Å². The van der Waals surface area contributed by atoms with Gasteiger partial charge in [-0.05, 0) is 50.1 Å². The van der Waals surface area contributed by atoms with E-state index in [0.717, 1.165) is 32.1 Å². The fourth-order valence-electron chi connectivity index (χ4n) is 5.46. The van der Waals surface area contributed by atoms with Gasteiger partial charge in [0.15, 0.2) is 0 Å². The lowest BCUT2D eigenvalue weighted by atomic mass is 9.88. The van der Waals surface area contributed by atoms with Crippen molar-refractivity contribution in [2.45, 2.75) is 69.4 Å². The van der Waals surface area contributed by atoms with Gasteiger partial charge in [-0.25, -0.2) is 8.42 Å². The minimum atomic E-state index is -3.76. The van der Waals surface area contributed by atoms with E-state index in [-0.39, 0.29) is 48.1 Å². The van der Waals surface area contributed by atoms with Crippen LogP contribution in [0.25, 0.3) is 0 Å². The molecule has 2 aromatic carbocycles. The number of rotatable bonds is 8. The number of nitrogens with one attached hydrogen (secondary N) is 1. The zero-order chi connectivity index (χ0) is 28.9. The second-order valence-corrected chi connectivity index (χ2v) is 13.2. The number of amides is 2. The largest absolute Gasteiger partial charge is 0.488 e. The van der Waals surface area contributed by atoms with Gasteiger partial charge in [-0.3, -0.25) is 9.59 Å². The Morgan fingerprint density at radius 3 is 2.52 bits per heavy atom. The Bertz CT molecular complexity index is 1280. The molecule has 0 spiro atoms. The average Bonchev–Trinajstić information content (AvgIpc) is 3.01. The second-order valence-electron chi connectivity index (χ2n) is 11.1. The van der Waals surface area contributed by atoms with Crippen LogP contribution in [0.4, 0.5) is 5.69 Å². The Balaban J connectivity index is 1.62. The highest BCUT2D eigenvalue weighted by molar-refractivity contribution is 7.89. The number of aliphatic hydroxyl groups excluding tert-OH is 1. The summed E-state index contributed by atoms with van der Waals surface area (Å²) in [6.45, 7) is 3.86. The molecule has 1 heterocycles. The van der Waals surface area contributed by atoms with Crippen LogP contribution in [0.3, 0.4) is 0 Å². The normalized spacial score (nSPS) is 21.5. The van der Waals surface area contributed by atoms with Crippen LogP contribution in [-0.4, -0.2) is 73.4 Å². The Morgan fingerprint density at radius 2 is 1.85 bits per heavy atom. The number of likely N-dealkylation sites (N-methyl/N-ethyl adjacent to an activating group) is 1. The molecule has 1 saturated carbocycles. The number of hydrogen-bond acceptors (Lipinski definition) is 6. The molecule has 0 aromatic heterocycles. The van der Waals surface area contributed by atoms with E-state index in [2.05, 4.69) is 5.32 Å². The van der Waals surface area contributed by atoms with Crippen LogP contribution in [0.15, 0.2) is 53.4 Å². The summed E-state index contributed by atoms with van der Waals surface area (Å²) in [7, 11) is -2.24. The molecule has 1 aliphatic carbocycles. The van der Waals surface area contributed by atoms with Crippen molar-refractivity contribution in [3.63, 3.8) is 0 Å². The molecule has 1 aliphatic heterocycles. The summed E-state index contributed by atoms with van der Waals surface area (Å²) >= 11 is 0. The van der Waals surface area contributed by atoms with Crippen molar-refractivity contribution in [3.8, 4) is 5.75 Å². The van der Waals surface area contributed by atoms with E-state index in [4.69, 9.17) is 4.74 Å². The van der Waals surface area contributed by atoms with Gasteiger partial charge in [-0.15, -0.1) is 0 Å². The number of ether oxygens (including phenoxy) is 1. The highest BCUT2D eigenvalue weighted by atomic mass is 32.2. The molecule has 2 aliphatic rings. The van der Waals surface area contributed by atoms with Gasteiger partial charge in [0.25, 0.3) is 0 Å². The summed E-state index contributed by atoms with van der Waals surface area (Å²) in [5, 5.41) is 12.9. The number of carbonyl (C=O) groups excluding carboxylic acids is 2. The summed E-state index contributed by atoms with van der Waals surface area (Å²) in [5.74, 6) is 0.0441. The number of fused-ring (bicyclic) bond motifs is 1. The quantitative estimate of drug-likeness (QED) is 0.500. The first-order chi connectivity index (χ1) is 19.1. The van der Waals surface area contributed by atoms with Crippen LogP contribution in [0, 0.1) is 11.8 Å². The fourth-order valence-corrected chi connectivity index (χ4v) is 6.66.